The van der Waals surface area contributed by atoms with Crippen LogP contribution in [0.4, 0.5) is 19.1 Å². The van der Waals surface area contributed by atoms with Crippen molar-refractivity contribution in [2.24, 2.45) is 5.92 Å². The van der Waals surface area contributed by atoms with Gasteiger partial charge in [0.15, 0.2) is 0 Å². The molecule has 2 aromatic heterocycles. The second kappa shape index (κ2) is 9.28. The summed E-state index contributed by atoms with van der Waals surface area (Å²) in [6.07, 6.45) is -2.74. The summed E-state index contributed by atoms with van der Waals surface area (Å²) in [5.74, 6) is -1.87. The number of rotatable bonds is 9. The van der Waals surface area contributed by atoms with E-state index in [4.69, 9.17) is 0 Å². The molecule has 0 saturated heterocycles. The van der Waals surface area contributed by atoms with Crippen LogP contribution in [0.5, 0.6) is 0 Å². The van der Waals surface area contributed by atoms with Crippen molar-refractivity contribution in [2.45, 2.75) is 19.0 Å². The van der Waals surface area contributed by atoms with Crippen LogP contribution in [-0.4, -0.2) is 39.1 Å². The van der Waals surface area contributed by atoms with Crippen LogP contribution in [0, 0.1) is 5.92 Å². The van der Waals surface area contributed by atoms with Crippen molar-refractivity contribution in [3.63, 3.8) is 0 Å². The molecule has 2 rings (SSSR count). The monoisotopic (exact) mass is 403 g/mol. The fraction of sp³-hybridized carbons (Fsp3) is 0.333. The lowest BCUT2D eigenvalue weighted by molar-refractivity contribution is -0.154. The van der Waals surface area contributed by atoms with Gasteiger partial charge < -0.3 is 0 Å². The van der Waals surface area contributed by atoms with Crippen molar-refractivity contribution in [1.29, 1.82) is 0 Å². The van der Waals surface area contributed by atoms with Gasteiger partial charge in [-0.25, -0.2) is 15.0 Å². The third kappa shape index (κ3) is 6.49. The number of aryl methyl sites for hydroxylation is 1. The standard InChI is InChI=1S/C15H16F3N5O3S/c16-15(17,18)12-5-6-19-14(20-12)22-21-13(25)10(8-23(26)9-24)3-4-11-2-1-7-27-11/h1-2,5-7,9-10,26H,3-4,8H2,(H,21,25)(H,19,20,22). The van der Waals surface area contributed by atoms with Crippen LogP contribution >= 0.6 is 11.3 Å². The first-order valence-corrected chi connectivity index (χ1v) is 8.57. The van der Waals surface area contributed by atoms with Gasteiger partial charge in [-0.15, -0.1) is 11.3 Å². The van der Waals surface area contributed by atoms with Crippen LogP contribution in [0.2, 0.25) is 0 Å². The number of hydrazine groups is 1. The average molecular weight is 403 g/mol. The van der Waals surface area contributed by atoms with E-state index in [9.17, 15) is 28.0 Å². The summed E-state index contributed by atoms with van der Waals surface area (Å²) in [6, 6.07) is 4.43. The van der Waals surface area contributed by atoms with Crippen LogP contribution < -0.4 is 10.9 Å². The molecule has 27 heavy (non-hydrogen) atoms. The van der Waals surface area contributed by atoms with E-state index in [1.54, 1.807) is 0 Å². The number of halogens is 3. The third-order valence-electron chi connectivity index (χ3n) is 3.46. The predicted octanol–water partition coefficient (Wildman–Crippen LogP) is 2.10. The van der Waals surface area contributed by atoms with Crippen molar-refractivity contribution in [1.82, 2.24) is 20.5 Å². The maximum Gasteiger partial charge on any atom is 0.433 e. The minimum atomic E-state index is -4.64. The Hall–Kier alpha value is -2.73. The van der Waals surface area contributed by atoms with Gasteiger partial charge in [0.25, 0.3) is 0 Å². The van der Waals surface area contributed by atoms with Crippen molar-refractivity contribution in [2.75, 3.05) is 12.0 Å². The van der Waals surface area contributed by atoms with Gasteiger partial charge in [-0.2, -0.15) is 13.2 Å². The van der Waals surface area contributed by atoms with Crippen LogP contribution in [0.25, 0.3) is 0 Å². The number of carbonyl (C=O) groups excluding carboxylic acids is 2. The third-order valence-corrected chi connectivity index (χ3v) is 4.40. The lowest BCUT2D eigenvalue weighted by Gasteiger charge is -2.19. The quantitative estimate of drug-likeness (QED) is 0.336. The molecule has 0 aliphatic carbocycles. The predicted molar refractivity (Wildman–Crippen MR) is 89.5 cm³/mol. The number of carbonyl (C=O) groups is 2. The van der Waals surface area contributed by atoms with Gasteiger partial charge in [-0.05, 0) is 30.4 Å². The molecule has 0 fully saturated rings. The highest BCUT2D eigenvalue weighted by Gasteiger charge is 2.32. The van der Waals surface area contributed by atoms with E-state index in [-0.39, 0.29) is 13.0 Å². The highest BCUT2D eigenvalue weighted by Crippen LogP contribution is 2.27. The molecule has 2 amide bonds. The molecule has 2 heterocycles. The average Bonchev–Trinajstić information content (AvgIpc) is 3.16. The van der Waals surface area contributed by atoms with E-state index < -0.39 is 29.6 Å². The molecular weight excluding hydrogens is 387 g/mol. The Morgan fingerprint density at radius 3 is 2.81 bits per heavy atom. The normalized spacial score (nSPS) is 12.3. The second-order valence-electron chi connectivity index (χ2n) is 5.42. The molecule has 0 aliphatic rings. The Labute approximate surface area is 156 Å². The van der Waals surface area contributed by atoms with Gasteiger partial charge in [0.1, 0.15) is 5.69 Å². The van der Waals surface area contributed by atoms with Crippen molar-refractivity contribution < 1.29 is 28.0 Å². The molecule has 1 atom stereocenters. The lowest BCUT2D eigenvalue weighted by atomic mass is 10.0. The number of nitrogens with zero attached hydrogens (tertiary/aromatic N) is 3. The number of hydrogen-bond donors (Lipinski definition) is 3. The summed E-state index contributed by atoms with van der Waals surface area (Å²) in [5, 5.41) is 11.6. The Morgan fingerprint density at radius 2 is 2.19 bits per heavy atom. The van der Waals surface area contributed by atoms with Crippen LogP contribution in [0.1, 0.15) is 17.0 Å². The number of aromatic nitrogens is 2. The topological polar surface area (TPSA) is 107 Å². The first-order valence-electron chi connectivity index (χ1n) is 7.69. The van der Waals surface area contributed by atoms with Crippen molar-refractivity contribution in [3.8, 4) is 0 Å². The Kier molecular flexibility index (Phi) is 7.07. The number of hydroxylamine groups is 2. The SMILES string of the molecule is O=CN(O)CC(CCc1cccs1)C(=O)NNc1nccc(C(F)(F)F)n1. The molecule has 0 aromatic carbocycles. The van der Waals surface area contributed by atoms with Crippen molar-refractivity contribution in [3.05, 3.63) is 40.3 Å². The van der Waals surface area contributed by atoms with E-state index in [1.807, 2.05) is 17.5 Å². The molecule has 1 unspecified atom stereocenters. The Bertz CT molecular complexity index is 757. The molecule has 146 valence electrons. The van der Waals surface area contributed by atoms with E-state index in [0.717, 1.165) is 11.1 Å². The largest absolute Gasteiger partial charge is 0.433 e. The maximum absolute atomic E-state index is 12.6. The van der Waals surface area contributed by atoms with Crippen LogP contribution in [0.15, 0.2) is 29.8 Å². The molecule has 0 aliphatic heterocycles. The van der Waals surface area contributed by atoms with Gasteiger partial charge in [-0.1, -0.05) is 6.07 Å². The molecular formula is C15H16F3N5O3S. The van der Waals surface area contributed by atoms with E-state index in [0.29, 0.717) is 24.0 Å². The minimum absolute atomic E-state index is 0.161. The zero-order valence-corrected chi connectivity index (χ0v) is 14.6. The molecule has 2 aromatic rings. The summed E-state index contributed by atoms with van der Waals surface area (Å²) in [5.41, 5.74) is 3.26. The molecule has 0 bridgehead atoms. The molecule has 12 heteroatoms. The summed E-state index contributed by atoms with van der Waals surface area (Å²) in [7, 11) is 0. The minimum Gasteiger partial charge on any atom is -0.286 e. The molecule has 3 N–H and O–H groups in total. The van der Waals surface area contributed by atoms with Crippen LogP contribution in [0.3, 0.4) is 0 Å². The summed E-state index contributed by atoms with van der Waals surface area (Å²) in [6.45, 7) is -0.272. The van der Waals surface area contributed by atoms with Gasteiger partial charge >= 0.3 is 6.18 Å². The number of anilines is 1. The second-order valence-corrected chi connectivity index (χ2v) is 6.45. The van der Waals surface area contributed by atoms with E-state index >= 15 is 0 Å². The number of thiophene rings is 1. The fourth-order valence-corrected chi connectivity index (χ4v) is 2.87. The van der Waals surface area contributed by atoms with E-state index in [2.05, 4.69) is 20.8 Å². The van der Waals surface area contributed by atoms with Crippen molar-refractivity contribution >= 4 is 29.6 Å². The number of hydrogen-bond acceptors (Lipinski definition) is 7. The molecule has 0 saturated carbocycles. The van der Waals surface area contributed by atoms with Gasteiger partial charge in [0, 0.05) is 11.1 Å². The molecule has 0 radical (unpaired) electrons. The zero-order chi connectivity index (χ0) is 19.9. The molecule has 0 spiro atoms. The highest BCUT2D eigenvalue weighted by atomic mass is 32.1. The zero-order valence-electron chi connectivity index (χ0n) is 13.8. The molecule has 8 nitrogen and oxygen atoms in total. The first kappa shape index (κ1) is 20.6. The summed E-state index contributed by atoms with van der Waals surface area (Å²) < 4.78 is 37.9. The number of alkyl halides is 3. The summed E-state index contributed by atoms with van der Waals surface area (Å²) >= 11 is 1.50. The number of nitrogens with one attached hydrogen (secondary N) is 2. The van der Waals surface area contributed by atoms with Gasteiger partial charge in [0.2, 0.25) is 18.3 Å². The Morgan fingerprint density at radius 1 is 1.41 bits per heavy atom. The maximum atomic E-state index is 12.6. The van der Waals surface area contributed by atoms with Crippen LogP contribution in [-0.2, 0) is 22.2 Å². The Balaban J connectivity index is 1.98. The fourth-order valence-electron chi connectivity index (χ4n) is 2.14. The number of amides is 2. The summed E-state index contributed by atoms with van der Waals surface area (Å²) in [4.78, 5) is 30.8. The first-order chi connectivity index (χ1) is 12.8. The van der Waals surface area contributed by atoms with Gasteiger partial charge in [-0.3, -0.25) is 25.6 Å². The van der Waals surface area contributed by atoms with E-state index in [1.165, 1.54) is 11.3 Å². The van der Waals surface area contributed by atoms with Gasteiger partial charge in [0.05, 0.1) is 12.5 Å². The smallest absolute Gasteiger partial charge is 0.286 e. The highest BCUT2D eigenvalue weighted by molar-refractivity contribution is 7.09. The lowest BCUT2D eigenvalue weighted by Crippen LogP contribution is -2.40.